The Hall–Kier alpha value is -3.23. The summed E-state index contributed by atoms with van der Waals surface area (Å²) in [5.74, 6) is 0.605. The molecule has 134 valence electrons. The highest BCUT2D eigenvalue weighted by atomic mass is 16.6. The van der Waals surface area contributed by atoms with Crippen LogP contribution in [-0.4, -0.2) is 25.5 Å². The fourth-order valence-corrected chi connectivity index (χ4v) is 3.71. The summed E-state index contributed by atoms with van der Waals surface area (Å²) >= 11 is 0. The van der Waals surface area contributed by atoms with E-state index in [1.807, 2.05) is 13.8 Å². The molecule has 0 fully saturated rings. The second-order valence-corrected chi connectivity index (χ2v) is 7.45. The van der Waals surface area contributed by atoms with Crippen LogP contribution >= 0.6 is 0 Å². The van der Waals surface area contributed by atoms with Crippen LogP contribution in [0.5, 0.6) is 0 Å². The molecule has 0 spiro atoms. The lowest BCUT2D eigenvalue weighted by Crippen LogP contribution is -2.36. The third-order valence-electron chi connectivity index (χ3n) is 4.77. The lowest BCUT2D eigenvalue weighted by molar-refractivity contribution is -0.384. The first-order chi connectivity index (χ1) is 12.2. The topological polar surface area (TPSA) is 129 Å². The quantitative estimate of drug-likeness (QED) is 0.626. The summed E-state index contributed by atoms with van der Waals surface area (Å²) in [6.45, 7) is 4.09. The standard InChI is InChI=1S/C17H18N6O3/c1-17(2)7-11-13(12(24)8-17)14(22-16(19-11)20-15(18)21-22)9-3-5-10(6-4-9)23(25)26/h3-6,14H,7-8H2,1-2H3,(H3,18,19,20,21)/t14-/m1/s1. The summed E-state index contributed by atoms with van der Waals surface area (Å²) in [6, 6.07) is 5.64. The van der Waals surface area contributed by atoms with Gasteiger partial charge in [-0.05, 0) is 29.5 Å². The second-order valence-electron chi connectivity index (χ2n) is 7.45. The predicted molar refractivity (Wildman–Crippen MR) is 94.3 cm³/mol. The number of nitrogens with two attached hydrogens (primary N) is 1. The maximum Gasteiger partial charge on any atom is 0.269 e. The fraction of sp³-hybridized carbons (Fsp3) is 0.353. The van der Waals surface area contributed by atoms with E-state index in [9.17, 15) is 14.9 Å². The Labute approximate surface area is 149 Å². The largest absolute Gasteiger partial charge is 0.366 e. The fourth-order valence-electron chi connectivity index (χ4n) is 3.71. The summed E-state index contributed by atoms with van der Waals surface area (Å²) in [4.78, 5) is 27.6. The van der Waals surface area contributed by atoms with Crippen molar-refractivity contribution in [2.45, 2.75) is 32.7 Å². The zero-order valence-electron chi connectivity index (χ0n) is 14.4. The lowest BCUT2D eigenvalue weighted by Gasteiger charge is -2.38. The van der Waals surface area contributed by atoms with Gasteiger partial charge in [0, 0.05) is 29.8 Å². The minimum atomic E-state index is -0.504. The second kappa shape index (κ2) is 5.38. The van der Waals surface area contributed by atoms with Gasteiger partial charge < -0.3 is 11.1 Å². The van der Waals surface area contributed by atoms with Crippen LogP contribution in [0.3, 0.4) is 0 Å². The van der Waals surface area contributed by atoms with Crippen molar-refractivity contribution in [2.75, 3.05) is 11.1 Å². The van der Waals surface area contributed by atoms with E-state index < -0.39 is 11.0 Å². The highest BCUT2D eigenvalue weighted by Gasteiger charge is 2.41. The van der Waals surface area contributed by atoms with E-state index in [2.05, 4.69) is 15.4 Å². The molecule has 2 aliphatic rings. The minimum absolute atomic E-state index is 0.00804. The maximum atomic E-state index is 12.9. The SMILES string of the molecule is CC1(C)CC(=O)C2=C(C1)Nc1nc(N)nn1[C@@H]2c1ccc([N+](=O)[O-])cc1. The van der Waals surface area contributed by atoms with Crippen molar-refractivity contribution in [3.63, 3.8) is 0 Å². The average Bonchev–Trinajstić information content (AvgIpc) is 2.91. The van der Waals surface area contributed by atoms with Crippen LogP contribution in [0.2, 0.25) is 0 Å². The number of nitrogens with zero attached hydrogens (tertiary/aromatic N) is 4. The van der Waals surface area contributed by atoms with Gasteiger partial charge in [-0.1, -0.05) is 13.8 Å². The van der Waals surface area contributed by atoms with Crippen molar-refractivity contribution in [3.05, 3.63) is 51.2 Å². The van der Waals surface area contributed by atoms with Crippen molar-refractivity contribution in [2.24, 2.45) is 5.41 Å². The first-order valence-electron chi connectivity index (χ1n) is 8.25. The number of Topliss-reactive ketones (excluding diaryl/α,β-unsaturated/α-hetero) is 1. The number of nitrogens with one attached hydrogen (secondary N) is 1. The minimum Gasteiger partial charge on any atom is -0.366 e. The molecule has 0 bridgehead atoms. The summed E-state index contributed by atoms with van der Waals surface area (Å²) < 4.78 is 1.57. The smallest absolute Gasteiger partial charge is 0.269 e. The highest BCUT2D eigenvalue weighted by molar-refractivity contribution is 6.00. The lowest BCUT2D eigenvalue weighted by atomic mass is 9.73. The molecular weight excluding hydrogens is 336 g/mol. The van der Waals surface area contributed by atoms with Gasteiger partial charge in [0.15, 0.2) is 5.78 Å². The van der Waals surface area contributed by atoms with E-state index in [0.717, 1.165) is 11.3 Å². The molecule has 0 saturated heterocycles. The number of anilines is 2. The average molecular weight is 354 g/mol. The molecule has 1 aliphatic carbocycles. The highest BCUT2D eigenvalue weighted by Crippen LogP contribution is 2.45. The van der Waals surface area contributed by atoms with Crippen molar-refractivity contribution < 1.29 is 9.72 Å². The van der Waals surface area contributed by atoms with Crippen LogP contribution in [0.15, 0.2) is 35.5 Å². The Kier molecular flexibility index (Phi) is 3.36. The first kappa shape index (κ1) is 16.2. The molecule has 0 radical (unpaired) electrons. The van der Waals surface area contributed by atoms with Gasteiger partial charge in [-0.3, -0.25) is 14.9 Å². The Bertz CT molecular complexity index is 957. The Balaban J connectivity index is 1.87. The number of nitrogen functional groups attached to an aromatic ring is 1. The molecule has 26 heavy (non-hydrogen) atoms. The van der Waals surface area contributed by atoms with Crippen LogP contribution in [0.1, 0.15) is 38.3 Å². The molecular formula is C17H18N6O3. The van der Waals surface area contributed by atoms with Crippen LogP contribution in [-0.2, 0) is 4.79 Å². The van der Waals surface area contributed by atoms with E-state index in [1.165, 1.54) is 12.1 Å². The van der Waals surface area contributed by atoms with Crippen LogP contribution in [0.25, 0.3) is 0 Å². The number of allylic oxidation sites excluding steroid dienone is 2. The number of hydrogen-bond acceptors (Lipinski definition) is 7. The van der Waals surface area contributed by atoms with E-state index >= 15 is 0 Å². The van der Waals surface area contributed by atoms with Crippen molar-refractivity contribution in [3.8, 4) is 0 Å². The molecule has 0 unspecified atom stereocenters. The molecule has 0 amide bonds. The first-order valence-corrected chi connectivity index (χ1v) is 8.25. The Morgan fingerprint density at radius 3 is 2.65 bits per heavy atom. The van der Waals surface area contributed by atoms with Gasteiger partial charge in [0.25, 0.3) is 5.69 Å². The third-order valence-corrected chi connectivity index (χ3v) is 4.77. The van der Waals surface area contributed by atoms with E-state index in [1.54, 1.807) is 16.8 Å². The monoisotopic (exact) mass is 354 g/mol. The number of fused-ring (bicyclic) bond motifs is 1. The van der Waals surface area contributed by atoms with E-state index in [-0.39, 0.29) is 22.8 Å². The third kappa shape index (κ3) is 2.52. The molecule has 2 aromatic rings. The van der Waals surface area contributed by atoms with E-state index in [0.29, 0.717) is 24.4 Å². The molecule has 9 nitrogen and oxygen atoms in total. The summed E-state index contributed by atoms with van der Waals surface area (Å²) in [6.07, 6.45) is 1.13. The number of aromatic nitrogens is 3. The summed E-state index contributed by atoms with van der Waals surface area (Å²) in [7, 11) is 0. The molecule has 2 heterocycles. The van der Waals surface area contributed by atoms with Gasteiger partial charge in [-0.2, -0.15) is 4.98 Å². The van der Waals surface area contributed by atoms with Crippen molar-refractivity contribution in [1.29, 1.82) is 0 Å². The van der Waals surface area contributed by atoms with Crippen LogP contribution < -0.4 is 11.1 Å². The summed E-state index contributed by atoms with van der Waals surface area (Å²) in [5.41, 5.74) is 7.76. The number of non-ortho nitro benzene ring substituents is 1. The van der Waals surface area contributed by atoms with Gasteiger partial charge in [0.05, 0.1) is 4.92 Å². The number of carbonyl (C=O) groups is 1. The van der Waals surface area contributed by atoms with E-state index in [4.69, 9.17) is 5.73 Å². The van der Waals surface area contributed by atoms with Gasteiger partial charge in [0.1, 0.15) is 6.04 Å². The predicted octanol–water partition coefficient (Wildman–Crippen LogP) is 2.43. The van der Waals surface area contributed by atoms with Crippen molar-refractivity contribution >= 4 is 23.4 Å². The number of rotatable bonds is 2. The zero-order valence-corrected chi connectivity index (χ0v) is 14.4. The zero-order chi connectivity index (χ0) is 18.6. The van der Waals surface area contributed by atoms with Crippen LogP contribution in [0, 0.1) is 15.5 Å². The molecule has 1 aromatic heterocycles. The number of benzene rings is 1. The maximum absolute atomic E-state index is 12.9. The molecule has 3 N–H and O–H groups in total. The molecule has 0 saturated carbocycles. The Morgan fingerprint density at radius 2 is 2.00 bits per heavy atom. The van der Waals surface area contributed by atoms with Gasteiger partial charge >= 0.3 is 0 Å². The molecule has 1 aromatic carbocycles. The number of nitro benzene ring substituents is 1. The number of ketones is 1. The molecule has 9 heteroatoms. The Morgan fingerprint density at radius 1 is 1.31 bits per heavy atom. The number of hydrogen-bond donors (Lipinski definition) is 2. The molecule has 4 rings (SSSR count). The number of carbonyl (C=O) groups excluding carboxylic acids is 1. The van der Waals surface area contributed by atoms with Crippen molar-refractivity contribution in [1.82, 2.24) is 14.8 Å². The normalized spacial score (nSPS) is 21.0. The van der Waals surface area contributed by atoms with Gasteiger partial charge in [0.2, 0.25) is 11.9 Å². The molecule has 1 aliphatic heterocycles. The molecule has 1 atom stereocenters. The van der Waals surface area contributed by atoms with Gasteiger partial charge in [-0.15, -0.1) is 5.10 Å². The van der Waals surface area contributed by atoms with Crippen LogP contribution in [0.4, 0.5) is 17.6 Å². The summed E-state index contributed by atoms with van der Waals surface area (Å²) in [5, 5.41) is 18.4. The van der Waals surface area contributed by atoms with Gasteiger partial charge in [-0.25, -0.2) is 4.68 Å². The number of nitro groups is 1.